The van der Waals surface area contributed by atoms with Crippen molar-refractivity contribution in [3.63, 3.8) is 0 Å². The number of nitrogens with one attached hydrogen (secondary N) is 2. The monoisotopic (exact) mass is 250 g/mol. The molecule has 0 saturated heterocycles. The molecular weight excluding hydrogens is 232 g/mol. The molecule has 0 aromatic carbocycles. The van der Waals surface area contributed by atoms with Crippen LogP contribution in [0.3, 0.4) is 0 Å². The van der Waals surface area contributed by atoms with Gasteiger partial charge >= 0.3 is 11.8 Å². The van der Waals surface area contributed by atoms with E-state index < -0.39 is 11.8 Å². The summed E-state index contributed by atoms with van der Waals surface area (Å²) in [6, 6.07) is 3.36. The topological polar surface area (TPSA) is 74.3 Å². The van der Waals surface area contributed by atoms with Crippen LogP contribution in [0, 0.1) is 0 Å². The highest BCUT2D eigenvalue weighted by molar-refractivity contribution is 6.39. The Morgan fingerprint density at radius 1 is 1.33 bits per heavy atom. The zero-order chi connectivity index (χ0) is 13.4. The van der Waals surface area contributed by atoms with Gasteiger partial charge in [0.2, 0.25) is 0 Å². The maximum atomic E-state index is 11.5. The molecule has 6 heteroatoms. The van der Waals surface area contributed by atoms with E-state index in [9.17, 15) is 9.59 Å². The van der Waals surface area contributed by atoms with Crippen molar-refractivity contribution >= 4 is 17.5 Å². The number of hydrogen-bond acceptors (Lipinski definition) is 4. The summed E-state index contributed by atoms with van der Waals surface area (Å²) >= 11 is 0. The van der Waals surface area contributed by atoms with E-state index in [1.54, 1.807) is 18.3 Å². The number of carbonyl (C=O) groups is 2. The molecule has 0 spiro atoms. The third kappa shape index (κ3) is 5.40. The van der Waals surface area contributed by atoms with Crippen molar-refractivity contribution in [2.45, 2.75) is 6.42 Å². The van der Waals surface area contributed by atoms with E-state index in [2.05, 4.69) is 15.6 Å². The van der Waals surface area contributed by atoms with Crippen molar-refractivity contribution in [1.29, 1.82) is 0 Å². The molecule has 0 radical (unpaired) electrons. The quantitative estimate of drug-likeness (QED) is 0.573. The third-order valence-corrected chi connectivity index (χ3v) is 2.19. The highest BCUT2D eigenvalue weighted by Crippen LogP contribution is 2.01. The van der Waals surface area contributed by atoms with E-state index in [0.29, 0.717) is 12.2 Å². The number of carbonyl (C=O) groups excluding carboxylic acids is 2. The molecule has 0 fully saturated rings. The van der Waals surface area contributed by atoms with Crippen LogP contribution >= 0.6 is 0 Å². The smallest absolute Gasteiger partial charge is 0.313 e. The van der Waals surface area contributed by atoms with E-state index in [1.165, 1.54) is 6.20 Å². The largest absolute Gasteiger partial charge is 0.348 e. The summed E-state index contributed by atoms with van der Waals surface area (Å²) in [5.41, 5.74) is 0.506. The van der Waals surface area contributed by atoms with Gasteiger partial charge in [0.05, 0.1) is 11.9 Å². The van der Waals surface area contributed by atoms with Gasteiger partial charge in [-0.15, -0.1) is 0 Å². The number of amides is 2. The Bertz CT molecular complexity index is 392. The number of rotatable bonds is 5. The first-order chi connectivity index (χ1) is 8.59. The number of hydrogen-bond donors (Lipinski definition) is 2. The minimum Gasteiger partial charge on any atom is -0.348 e. The van der Waals surface area contributed by atoms with Gasteiger partial charge in [0, 0.05) is 12.7 Å². The summed E-state index contributed by atoms with van der Waals surface area (Å²) in [5.74, 6) is -1.30. The molecule has 2 amide bonds. The van der Waals surface area contributed by atoms with Crippen LogP contribution in [0.5, 0.6) is 0 Å². The van der Waals surface area contributed by atoms with Crippen LogP contribution in [0.25, 0.3) is 0 Å². The Morgan fingerprint density at radius 3 is 2.72 bits per heavy atom. The second-order valence-electron chi connectivity index (χ2n) is 4.11. The SMILES string of the molecule is CN(C)CCCNC(=O)C(=O)Nc1cccnc1. The van der Waals surface area contributed by atoms with Gasteiger partial charge in [-0.05, 0) is 39.2 Å². The summed E-state index contributed by atoms with van der Waals surface area (Å²) in [6.45, 7) is 1.35. The number of pyridine rings is 1. The number of nitrogens with zero attached hydrogens (tertiary/aromatic N) is 2. The minimum atomic E-state index is -0.673. The summed E-state index contributed by atoms with van der Waals surface area (Å²) in [7, 11) is 3.91. The summed E-state index contributed by atoms with van der Waals surface area (Å²) in [4.78, 5) is 28.8. The Labute approximate surface area is 106 Å². The van der Waals surface area contributed by atoms with Gasteiger partial charge in [-0.25, -0.2) is 0 Å². The molecular formula is C12H18N4O2. The first-order valence-corrected chi connectivity index (χ1v) is 5.73. The van der Waals surface area contributed by atoms with Crippen molar-refractivity contribution in [3.8, 4) is 0 Å². The molecule has 6 nitrogen and oxygen atoms in total. The molecule has 0 aliphatic carbocycles. The normalized spacial score (nSPS) is 10.2. The maximum absolute atomic E-state index is 11.5. The fourth-order valence-electron chi connectivity index (χ4n) is 1.30. The van der Waals surface area contributed by atoms with Gasteiger partial charge in [-0.3, -0.25) is 14.6 Å². The Balaban J connectivity index is 2.27. The first kappa shape index (κ1) is 14.1. The van der Waals surface area contributed by atoms with E-state index in [0.717, 1.165) is 13.0 Å². The Kier molecular flexibility index (Phi) is 5.79. The molecule has 18 heavy (non-hydrogen) atoms. The molecule has 0 aliphatic heterocycles. The average Bonchev–Trinajstić information content (AvgIpc) is 2.35. The van der Waals surface area contributed by atoms with Gasteiger partial charge < -0.3 is 15.5 Å². The van der Waals surface area contributed by atoms with Crippen molar-refractivity contribution in [2.24, 2.45) is 0 Å². The lowest BCUT2D eigenvalue weighted by atomic mass is 10.4. The lowest BCUT2D eigenvalue weighted by molar-refractivity contribution is -0.136. The van der Waals surface area contributed by atoms with E-state index in [1.807, 2.05) is 19.0 Å². The lowest BCUT2D eigenvalue weighted by Gasteiger charge is -2.09. The molecule has 1 heterocycles. The number of anilines is 1. The summed E-state index contributed by atoms with van der Waals surface area (Å²) in [5, 5.41) is 5.03. The summed E-state index contributed by atoms with van der Waals surface area (Å²) < 4.78 is 0. The Hall–Kier alpha value is -1.95. The van der Waals surface area contributed by atoms with Crippen LogP contribution in [0.15, 0.2) is 24.5 Å². The molecule has 98 valence electrons. The van der Waals surface area contributed by atoms with Crippen molar-refractivity contribution in [3.05, 3.63) is 24.5 Å². The predicted octanol–water partition coefficient (Wildman–Crippen LogP) is 0.0880. The van der Waals surface area contributed by atoms with Crippen LogP contribution in [-0.2, 0) is 9.59 Å². The molecule has 0 atom stereocenters. The predicted molar refractivity (Wildman–Crippen MR) is 69.0 cm³/mol. The minimum absolute atomic E-state index is 0.484. The van der Waals surface area contributed by atoms with E-state index in [-0.39, 0.29) is 0 Å². The molecule has 2 N–H and O–H groups in total. The standard InChI is InChI=1S/C12H18N4O2/c1-16(2)8-4-7-14-11(17)12(18)15-10-5-3-6-13-9-10/h3,5-6,9H,4,7-8H2,1-2H3,(H,14,17)(H,15,18). The molecule has 1 rings (SSSR count). The zero-order valence-electron chi connectivity index (χ0n) is 10.6. The van der Waals surface area contributed by atoms with Crippen LogP contribution < -0.4 is 10.6 Å². The molecule has 0 bridgehead atoms. The van der Waals surface area contributed by atoms with Gasteiger partial charge in [0.15, 0.2) is 0 Å². The third-order valence-electron chi connectivity index (χ3n) is 2.19. The summed E-state index contributed by atoms with van der Waals surface area (Å²) in [6.07, 6.45) is 3.88. The molecule has 1 aromatic rings. The van der Waals surface area contributed by atoms with Crippen molar-refractivity contribution < 1.29 is 9.59 Å². The number of aromatic nitrogens is 1. The van der Waals surface area contributed by atoms with Crippen LogP contribution in [0.2, 0.25) is 0 Å². The van der Waals surface area contributed by atoms with E-state index >= 15 is 0 Å². The van der Waals surface area contributed by atoms with Crippen LogP contribution in [0.1, 0.15) is 6.42 Å². The van der Waals surface area contributed by atoms with Crippen molar-refractivity contribution in [1.82, 2.24) is 15.2 Å². The lowest BCUT2D eigenvalue weighted by Crippen LogP contribution is -2.36. The molecule has 0 saturated carbocycles. The first-order valence-electron chi connectivity index (χ1n) is 5.73. The fraction of sp³-hybridized carbons (Fsp3) is 0.417. The van der Waals surface area contributed by atoms with Crippen LogP contribution in [0.4, 0.5) is 5.69 Å². The highest BCUT2D eigenvalue weighted by Gasteiger charge is 2.12. The zero-order valence-corrected chi connectivity index (χ0v) is 10.6. The van der Waals surface area contributed by atoms with Gasteiger partial charge in [-0.2, -0.15) is 0 Å². The van der Waals surface area contributed by atoms with Gasteiger partial charge in [-0.1, -0.05) is 0 Å². The Morgan fingerprint density at radius 2 is 2.11 bits per heavy atom. The maximum Gasteiger partial charge on any atom is 0.313 e. The molecule has 1 aromatic heterocycles. The highest BCUT2D eigenvalue weighted by atomic mass is 16.2. The fourth-order valence-corrected chi connectivity index (χ4v) is 1.30. The van der Waals surface area contributed by atoms with E-state index in [4.69, 9.17) is 0 Å². The van der Waals surface area contributed by atoms with Crippen molar-refractivity contribution in [2.75, 3.05) is 32.5 Å². The second-order valence-corrected chi connectivity index (χ2v) is 4.11. The molecule has 0 unspecified atom stereocenters. The van der Waals surface area contributed by atoms with Gasteiger partial charge in [0.25, 0.3) is 0 Å². The second kappa shape index (κ2) is 7.39. The van der Waals surface area contributed by atoms with Gasteiger partial charge in [0.1, 0.15) is 0 Å². The average molecular weight is 250 g/mol. The van der Waals surface area contributed by atoms with Crippen LogP contribution in [-0.4, -0.2) is 48.9 Å². The molecule has 0 aliphatic rings.